The second-order valence-corrected chi connectivity index (χ2v) is 7.38. The van der Waals surface area contributed by atoms with E-state index < -0.39 is 5.41 Å². The van der Waals surface area contributed by atoms with E-state index in [2.05, 4.69) is 10.3 Å². The van der Waals surface area contributed by atoms with E-state index in [0.717, 1.165) is 11.3 Å². The summed E-state index contributed by atoms with van der Waals surface area (Å²) in [5.74, 6) is 0.404. The zero-order chi connectivity index (χ0) is 17.5. The summed E-state index contributed by atoms with van der Waals surface area (Å²) in [6, 6.07) is 10.6. The summed E-state index contributed by atoms with van der Waals surface area (Å²) >= 11 is 12.1. The molecule has 0 saturated heterocycles. The third-order valence-corrected chi connectivity index (χ3v) is 3.98. The van der Waals surface area contributed by atoms with Crippen molar-refractivity contribution in [2.24, 2.45) is 5.41 Å². The highest BCUT2D eigenvalue weighted by Crippen LogP contribution is 2.32. The van der Waals surface area contributed by atoms with Gasteiger partial charge in [-0.25, -0.2) is 4.98 Å². The van der Waals surface area contributed by atoms with Crippen molar-refractivity contribution in [3.8, 4) is 11.5 Å². The second-order valence-electron chi connectivity index (χ2n) is 6.54. The molecule has 3 rings (SSSR count). The van der Waals surface area contributed by atoms with Gasteiger partial charge in [-0.3, -0.25) is 4.79 Å². The van der Waals surface area contributed by atoms with E-state index in [4.69, 9.17) is 27.6 Å². The Labute approximate surface area is 149 Å². The lowest BCUT2D eigenvalue weighted by atomic mass is 9.95. The van der Waals surface area contributed by atoms with Gasteiger partial charge in [-0.1, -0.05) is 44.0 Å². The van der Waals surface area contributed by atoms with Gasteiger partial charge in [-0.15, -0.1) is 0 Å². The Morgan fingerprint density at radius 3 is 2.42 bits per heavy atom. The van der Waals surface area contributed by atoms with Gasteiger partial charge in [-0.05, 0) is 36.4 Å². The predicted molar refractivity (Wildman–Crippen MR) is 97.5 cm³/mol. The lowest BCUT2D eigenvalue weighted by Gasteiger charge is -2.17. The van der Waals surface area contributed by atoms with Gasteiger partial charge in [0.2, 0.25) is 11.8 Å². The number of hydrogen-bond acceptors (Lipinski definition) is 3. The summed E-state index contributed by atoms with van der Waals surface area (Å²) < 4.78 is 5.73. The molecule has 0 fully saturated rings. The zero-order valence-corrected chi connectivity index (χ0v) is 15.0. The number of fused-ring (bicyclic) bond motifs is 1. The number of rotatable bonds is 2. The Kier molecular flexibility index (Phi) is 4.28. The summed E-state index contributed by atoms with van der Waals surface area (Å²) in [5.41, 5.74) is 2.16. The van der Waals surface area contributed by atoms with Crippen LogP contribution in [-0.2, 0) is 4.79 Å². The van der Waals surface area contributed by atoms with Crippen LogP contribution in [0.15, 0.2) is 40.8 Å². The Hall–Kier alpha value is -2.04. The smallest absolute Gasteiger partial charge is 0.229 e. The number of carbonyl (C=O) groups excluding carboxylic acids is 1. The first kappa shape index (κ1) is 16.8. The van der Waals surface area contributed by atoms with E-state index in [-0.39, 0.29) is 5.91 Å². The van der Waals surface area contributed by atoms with Crippen molar-refractivity contribution in [3.05, 3.63) is 46.4 Å². The van der Waals surface area contributed by atoms with Gasteiger partial charge in [0, 0.05) is 21.7 Å². The van der Waals surface area contributed by atoms with Crippen molar-refractivity contribution in [2.75, 3.05) is 5.32 Å². The maximum absolute atomic E-state index is 12.0. The van der Waals surface area contributed by atoms with E-state index in [1.165, 1.54) is 0 Å². The molecule has 1 amide bonds. The quantitative estimate of drug-likeness (QED) is 0.627. The molecular formula is C18H16Cl2N2O2. The number of anilines is 1. The molecule has 2 aromatic carbocycles. The molecule has 0 aliphatic rings. The van der Waals surface area contributed by atoms with Gasteiger partial charge in [-0.2, -0.15) is 0 Å². The average molecular weight is 363 g/mol. The number of amides is 1. The highest BCUT2D eigenvalue weighted by atomic mass is 35.5. The molecule has 0 spiro atoms. The summed E-state index contributed by atoms with van der Waals surface area (Å²) in [6.07, 6.45) is 0. The van der Waals surface area contributed by atoms with E-state index in [1.807, 2.05) is 45.0 Å². The van der Waals surface area contributed by atoms with Crippen molar-refractivity contribution in [1.82, 2.24) is 4.98 Å². The number of nitrogens with zero attached hydrogens (tertiary/aromatic N) is 1. The number of aromatic nitrogens is 1. The van der Waals surface area contributed by atoms with Crippen LogP contribution >= 0.6 is 23.2 Å². The van der Waals surface area contributed by atoms with E-state index >= 15 is 0 Å². The normalized spacial score (nSPS) is 11.7. The van der Waals surface area contributed by atoms with Crippen LogP contribution in [0.1, 0.15) is 20.8 Å². The molecular weight excluding hydrogens is 347 g/mol. The van der Waals surface area contributed by atoms with Crippen LogP contribution in [0.25, 0.3) is 22.6 Å². The third-order valence-electron chi connectivity index (χ3n) is 3.48. The first-order valence-corrected chi connectivity index (χ1v) is 8.17. The van der Waals surface area contributed by atoms with Crippen LogP contribution in [0.4, 0.5) is 5.69 Å². The van der Waals surface area contributed by atoms with Gasteiger partial charge >= 0.3 is 0 Å². The molecule has 0 aliphatic heterocycles. The minimum Gasteiger partial charge on any atom is -0.435 e. The molecule has 0 aliphatic carbocycles. The largest absolute Gasteiger partial charge is 0.435 e. The molecule has 3 aromatic rings. The number of oxazole rings is 1. The molecule has 0 atom stereocenters. The molecule has 6 heteroatoms. The summed E-state index contributed by atoms with van der Waals surface area (Å²) in [6.45, 7) is 5.59. The van der Waals surface area contributed by atoms with Crippen LogP contribution in [0.3, 0.4) is 0 Å². The molecule has 1 N–H and O–H groups in total. The van der Waals surface area contributed by atoms with Crippen LogP contribution < -0.4 is 5.32 Å². The maximum Gasteiger partial charge on any atom is 0.229 e. The van der Waals surface area contributed by atoms with Crippen molar-refractivity contribution in [3.63, 3.8) is 0 Å². The van der Waals surface area contributed by atoms with Crippen LogP contribution in [-0.4, -0.2) is 10.9 Å². The zero-order valence-electron chi connectivity index (χ0n) is 13.5. The Balaban J connectivity index is 1.88. The van der Waals surface area contributed by atoms with Gasteiger partial charge in [0.05, 0.1) is 5.02 Å². The van der Waals surface area contributed by atoms with Crippen molar-refractivity contribution >= 4 is 45.9 Å². The standard InChI is InChI=1S/C18H16Cl2N2O2/c1-18(2,3)17(23)21-12-6-4-10(5-7-12)16-22-14-9-11(19)8-13(20)15(14)24-16/h4-9H,1-3H3,(H,21,23). The maximum atomic E-state index is 12.0. The van der Waals surface area contributed by atoms with E-state index in [9.17, 15) is 4.79 Å². The second kappa shape index (κ2) is 6.11. The van der Waals surface area contributed by atoms with Gasteiger partial charge < -0.3 is 9.73 Å². The fourth-order valence-corrected chi connectivity index (χ4v) is 2.62. The fourth-order valence-electron chi connectivity index (χ4n) is 2.10. The predicted octanol–water partition coefficient (Wildman–Crippen LogP) is 5.79. The molecule has 0 unspecified atom stereocenters. The Morgan fingerprint density at radius 2 is 1.79 bits per heavy atom. The molecule has 0 saturated carbocycles. The molecule has 0 bridgehead atoms. The molecule has 24 heavy (non-hydrogen) atoms. The first-order chi connectivity index (χ1) is 11.2. The third kappa shape index (κ3) is 3.40. The van der Waals surface area contributed by atoms with E-state index in [1.54, 1.807) is 12.1 Å². The van der Waals surface area contributed by atoms with Gasteiger partial charge in [0.15, 0.2) is 5.58 Å². The molecule has 124 valence electrons. The van der Waals surface area contributed by atoms with Gasteiger partial charge in [0.1, 0.15) is 5.52 Å². The number of halogens is 2. The van der Waals surface area contributed by atoms with Crippen LogP contribution in [0.2, 0.25) is 10.0 Å². The van der Waals surface area contributed by atoms with E-state index in [0.29, 0.717) is 27.0 Å². The highest BCUT2D eigenvalue weighted by molar-refractivity contribution is 6.38. The average Bonchev–Trinajstić information content (AvgIpc) is 2.91. The van der Waals surface area contributed by atoms with Crippen LogP contribution in [0.5, 0.6) is 0 Å². The van der Waals surface area contributed by atoms with Crippen molar-refractivity contribution in [1.29, 1.82) is 0 Å². The minimum atomic E-state index is -0.449. The Bertz CT molecular complexity index is 909. The molecule has 1 heterocycles. The molecule has 0 radical (unpaired) electrons. The topological polar surface area (TPSA) is 55.1 Å². The molecule has 1 aromatic heterocycles. The monoisotopic (exact) mass is 362 g/mol. The fraction of sp³-hybridized carbons (Fsp3) is 0.222. The number of benzene rings is 2. The lowest BCUT2D eigenvalue weighted by molar-refractivity contribution is -0.123. The van der Waals surface area contributed by atoms with Crippen molar-refractivity contribution in [2.45, 2.75) is 20.8 Å². The van der Waals surface area contributed by atoms with Crippen molar-refractivity contribution < 1.29 is 9.21 Å². The summed E-state index contributed by atoms with van der Waals surface area (Å²) in [4.78, 5) is 16.4. The lowest BCUT2D eigenvalue weighted by Crippen LogP contribution is -2.27. The highest BCUT2D eigenvalue weighted by Gasteiger charge is 2.21. The SMILES string of the molecule is CC(C)(C)C(=O)Nc1ccc(-c2nc3cc(Cl)cc(Cl)c3o2)cc1. The summed E-state index contributed by atoms with van der Waals surface area (Å²) in [5, 5.41) is 3.80. The van der Waals surface area contributed by atoms with Gasteiger partial charge in [0.25, 0.3) is 0 Å². The number of nitrogens with one attached hydrogen (secondary N) is 1. The minimum absolute atomic E-state index is 0.0430. The summed E-state index contributed by atoms with van der Waals surface area (Å²) in [7, 11) is 0. The van der Waals surface area contributed by atoms with Crippen LogP contribution in [0, 0.1) is 5.41 Å². The Morgan fingerprint density at radius 1 is 1.12 bits per heavy atom. The number of hydrogen-bond donors (Lipinski definition) is 1. The number of carbonyl (C=O) groups is 1. The molecule has 4 nitrogen and oxygen atoms in total. The first-order valence-electron chi connectivity index (χ1n) is 7.41.